The normalized spacial score (nSPS) is 19.4. The number of urea groups is 1. The number of halogens is 3. The number of carbonyl (C=O) groups is 1. The first-order valence-corrected chi connectivity index (χ1v) is 7.42. The Bertz CT molecular complexity index is 619. The van der Waals surface area contributed by atoms with Crippen LogP contribution in [0, 0.1) is 0 Å². The number of hydrogen-bond donors (Lipinski definition) is 1. The molecule has 0 atom stereocenters. The second-order valence-corrected chi connectivity index (χ2v) is 6.72. The van der Waals surface area contributed by atoms with Gasteiger partial charge in [0.2, 0.25) is 0 Å². The summed E-state index contributed by atoms with van der Waals surface area (Å²) < 4.78 is 49.7. The molecular weight excluding hydrogens is 324 g/mol. The lowest BCUT2D eigenvalue weighted by molar-refractivity contribution is -0.118. The van der Waals surface area contributed by atoms with E-state index in [4.69, 9.17) is 15.0 Å². The molecule has 1 aromatic rings. The zero-order valence-corrected chi connectivity index (χ0v) is 14.0. The van der Waals surface area contributed by atoms with Crippen LogP contribution in [0.15, 0.2) is 24.3 Å². The van der Waals surface area contributed by atoms with Gasteiger partial charge in [0.25, 0.3) is 0 Å². The largest absolute Gasteiger partial charge is 0.494 e. The van der Waals surface area contributed by atoms with Crippen LogP contribution in [0.5, 0.6) is 0 Å². The summed E-state index contributed by atoms with van der Waals surface area (Å²) in [6.45, 7) is 6.02. The maximum Gasteiger partial charge on any atom is 0.494 e. The van der Waals surface area contributed by atoms with Crippen molar-refractivity contribution in [3.05, 3.63) is 24.3 Å². The zero-order valence-electron chi connectivity index (χ0n) is 14.0. The van der Waals surface area contributed by atoms with E-state index in [0.29, 0.717) is 10.4 Å². The lowest BCUT2D eigenvalue weighted by Crippen LogP contribution is -2.43. The number of nitrogens with two attached hydrogens (primary N) is 1. The van der Waals surface area contributed by atoms with Crippen molar-refractivity contribution >= 4 is 24.3 Å². The molecule has 24 heavy (non-hydrogen) atoms. The van der Waals surface area contributed by atoms with Gasteiger partial charge in [-0.3, -0.25) is 4.90 Å². The molecule has 1 saturated heterocycles. The van der Waals surface area contributed by atoms with Gasteiger partial charge in [-0.15, -0.1) is 0 Å². The molecule has 1 aliphatic heterocycles. The SMILES string of the molecule is CC1(C)OB(c2cccc(N(CC(F)(F)F)C(N)=O)c2)OC1(C)C. The minimum atomic E-state index is -4.56. The number of primary amides is 1. The van der Waals surface area contributed by atoms with E-state index in [-0.39, 0.29) is 5.69 Å². The molecule has 0 bridgehead atoms. The highest BCUT2D eigenvalue weighted by Crippen LogP contribution is 2.36. The Morgan fingerprint density at radius 1 is 1.21 bits per heavy atom. The van der Waals surface area contributed by atoms with Gasteiger partial charge in [0, 0.05) is 5.69 Å². The first-order valence-electron chi connectivity index (χ1n) is 7.42. The van der Waals surface area contributed by atoms with Gasteiger partial charge in [0.15, 0.2) is 0 Å². The molecular formula is C15H20BF3N2O3. The Morgan fingerprint density at radius 3 is 2.21 bits per heavy atom. The Balaban J connectivity index is 2.30. The Kier molecular flexibility index (Phi) is 4.62. The molecule has 1 heterocycles. The van der Waals surface area contributed by atoms with Crippen LogP contribution in [0.3, 0.4) is 0 Å². The molecule has 0 unspecified atom stereocenters. The number of benzene rings is 1. The molecule has 1 aliphatic rings. The summed E-state index contributed by atoms with van der Waals surface area (Å²) in [7, 11) is -0.740. The quantitative estimate of drug-likeness (QED) is 0.857. The van der Waals surface area contributed by atoms with Gasteiger partial charge in [-0.1, -0.05) is 12.1 Å². The molecule has 0 aromatic heterocycles. The lowest BCUT2D eigenvalue weighted by Gasteiger charge is -2.32. The molecule has 2 N–H and O–H groups in total. The summed E-state index contributed by atoms with van der Waals surface area (Å²) in [6, 6.07) is 4.81. The second kappa shape index (κ2) is 5.96. The summed E-state index contributed by atoms with van der Waals surface area (Å²) in [5, 5.41) is 0. The third kappa shape index (κ3) is 3.84. The third-order valence-corrected chi connectivity index (χ3v) is 4.31. The van der Waals surface area contributed by atoms with Crippen LogP contribution >= 0.6 is 0 Å². The molecule has 0 saturated carbocycles. The molecule has 1 aromatic carbocycles. The molecule has 2 rings (SSSR count). The van der Waals surface area contributed by atoms with Gasteiger partial charge in [0.1, 0.15) is 6.54 Å². The van der Waals surface area contributed by atoms with E-state index < -0.39 is 37.1 Å². The highest BCUT2D eigenvalue weighted by molar-refractivity contribution is 6.62. The van der Waals surface area contributed by atoms with E-state index in [2.05, 4.69) is 0 Å². The number of anilines is 1. The van der Waals surface area contributed by atoms with Crippen molar-refractivity contribution in [2.24, 2.45) is 5.73 Å². The third-order valence-electron chi connectivity index (χ3n) is 4.31. The molecule has 9 heteroatoms. The summed E-state index contributed by atoms with van der Waals surface area (Å²) in [4.78, 5) is 11.9. The molecule has 0 aliphatic carbocycles. The first kappa shape index (κ1) is 18.6. The van der Waals surface area contributed by atoms with Crippen molar-refractivity contribution in [1.29, 1.82) is 0 Å². The van der Waals surface area contributed by atoms with Gasteiger partial charge in [-0.2, -0.15) is 13.2 Å². The lowest BCUT2D eigenvalue weighted by atomic mass is 9.79. The van der Waals surface area contributed by atoms with Crippen molar-refractivity contribution in [3.8, 4) is 0 Å². The van der Waals surface area contributed by atoms with E-state index in [1.165, 1.54) is 18.2 Å². The van der Waals surface area contributed by atoms with Crippen LogP contribution in [0.25, 0.3) is 0 Å². The van der Waals surface area contributed by atoms with Crippen LogP contribution in [-0.4, -0.2) is 37.1 Å². The van der Waals surface area contributed by atoms with E-state index in [0.717, 1.165) is 0 Å². The number of alkyl halides is 3. The number of amides is 2. The highest BCUT2D eigenvalue weighted by Gasteiger charge is 2.51. The smallest absolute Gasteiger partial charge is 0.399 e. The van der Waals surface area contributed by atoms with Crippen molar-refractivity contribution in [1.82, 2.24) is 0 Å². The van der Waals surface area contributed by atoms with Crippen molar-refractivity contribution < 1.29 is 27.3 Å². The molecule has 0 spiro atoms. The molecule has 2 amide bonds. The predicted molar refractivity (Wildman–Crippen MR) is 85.1 cm³/mol. The number of nitrogens with zero attached hydrogens (tertiary/aromatic N) is 1. The Labute approximate surface area is 139 Å². The number of rotatable bonds is 3. The predicted octanol–water partition coefficient (Wildman–Crippen LogP) is 2.43. The van der Waals surface area contributed by atoms with Gasteiger partial charge in [-0.25, -0.2) is 4.79 Å². The van der Waals surface area contributed by atoms with E-state index in [9.17, 15) is 18.0 Å². The standard InChI is InChI=1S/C15H20BF3N2O3/c1-13(2)14(3,4)24-16(23-13)10-6-5-7-11(8-10)21(12(20)22)9-15(17,18)19/h5-8H,9H2,1-4H3,(H2,20,22). The summed E-state index contributed by atoms with van der Waals surface area (Å²) in [6.07, 6.45) is -4.56. The molecule has 0 radical (unpaired) electrons. The van der Waals surface area contributed by atoms with Gasteiger partial charge in [-0.05, 0) is 45.3 Å². The first-order chi connectivity index (χ1) is 10.8. The molecule has 132 valence electrons. The minimum Gasteiger partial charge on any atom is -0.399 e. The minimum absolute atomic E-state index is 0.0343. The van der Waals surface area contributed by atoms with E-state index in [1.807, 2.05) is 27.7 Å². The maximum absolute atomic E-state index is 12.7. The zero-order chi connectivity index (χ0) is 18.3. The maximum atomic E-state index is 12.7. The van der Waals surface area contributed by atoms with Gasteiger partial charge < -0.3 is 15.0 Å². The van der Waals surface area contributed by atoms with Crippen LogP contribution < -0.4 is 16.1 Å². The van der Waals surface area contributed by atoms with Gasteiger partial charge >= 0.3 is 19.3 Å². The average Bonchev–Trinajstić information content (AvgIpc) is 2.64. The summed E-state index contributed by atoms with van der Waals surface area (Å²) >= 11 is 0. The number of carbonyl (C=O) groups excluding carboxylic acids is 1. The van der Waals surface area contributed by atoms with Crippen molar-refractivity contribution in [3.63, 3.8) is 0 Å². The van der Waals surface area contributed by atoms with Crippen molar-refractivity contribution in [2.75, 3.05) is 11.4 Å². The van der Waals surface area contributed by atoms with Crippen LogP contribution in [0.4, 0.5) is 23.7 Å². The van der Waals surface area contributed by atoms with E-state index in [1.54, 1.807) is 6.07 Å². The van der Waals surface area contributed by atoms with Gasteiger partial charge in [0.05, 0.1) is 11.2 Å². The average molecular weight is 344 g/mol. The van der Waals surface area contributed by atoms with Crippen LogP contribution in [0.2, 0.25) is 0 Å². The fraction of sp³-hybridized carbons (Fsp3) is 0.533. The fourth-order valence-electron chi connectivity index (χ4n) is 2.29. The molecule has 1 fully saturated rings. The highest BCUT2D eigenvalue weighted by atomic mass is 19.4. The topological polar surface area (TPSA) is 64.8 Å². The van der Waals surface area contributed by atoms with Crippen LogP contribution in [0.1, 0.15) is 27.7 Å². The Hall–Kier alpha value is -1.74. The summed E-state index contributed by atoms with van der Waals surface area (Å²) in [5.74, 6) is 0. The summed E-state index contributed by atoms with van der Waals surface area (Å²) in [5.41, 5.74) is 4.48. The van der Waals surface area contributed by atoms with Crippen molar-refractivity contribution in [2.45, 2.75) is 45.1 Å². The number of hydrogen-bond acceptors (Lipinski definition) is 3. The van der Waals surface area contributed by atoms with Crippen LogP contribution in [-0.2, 0) is 9.31 Å². The Morgan fingerprint density at radius 2 is 1.75 bits per heavy atom. The monoisotopic (exact) mass is 344 g/mol. The van der Waals surface area contributed by atoms with E-state index >= 15 is 0 Å². The molecule has 5 nitrogen and oxygen atoms in total. The second-order valence-electron chi connectivity index (χ2n) is 6.72. The fourth-order valence-corrected chi connectivity index (χ4v) is 2.29.